The first-order valence-corrected chi connectivity index (χ1v) is 3.97. The van der Waals surface area contributed by atoms with Gasteiger partial charge in [0.2, 0.25) is 0 Å². The average molecular weight is 204 g/mol. The molecule has 78 valence electrons. The highest BCUT2D eigenvalue weighted by atomic mass is 19.4. The lowest BCUT2D eigenvalue weighted by atomic mass is 10.0. The van der Waals surface area contributed by atoms with Gasteiger partial charge < -0.3 is 11.5 Å². The maximum atomic E-state index is 12.4. The second-order valence-electron chi connectivity index (χ2n) is 3.17. The molecule has 0 bridgehead atoms. The van der Waals surface area contributed by atoms with E-state index >= 15 is 0 Å². The molecule has 0 aliphatic heterocycles. The summed E-state index contributed by atoms with van der Waals surface area (Å²) >= 11 is 0. The highest BCUT2D eigenvalue weighted by molar-refractivity contribution is 5.67. The first-order chi connectivity index (χ1) is 6.25. The summed E-state index contributed by atoms with van der Waals surface area (Å²) in [5.41, 5.74) is 10.8. The van der Waals surface area contributed by atoms with Crippen LogP contribution in [-0.2, 0) is 6.18 Å². The lowest BCUT2D eigenvalue weighted by Gasteiger charge is -2.15. The van der Waals surface area contributed by atoms with Crippen LogP contribution in [0.15, 0.2) is 6.07 Å². The average Bonchev–Trinajstić information content (AvgIpc) is 2.06. The Kier molecular flexibility index (Phi) is 2.35. The number of nitrogen functional groups attached to an aromatic ring is 2. The molecule has 0 saturated heterocycles. The molecular formula is C9H11F3N2. The van der Waals surface area contributed by atoms with Crippen molar-refractivity contribution in [2.24, 2.45) is 0 Å². The van der Waals surface area contributed by atoms with Crippen molar-refractivity contribution < 1.29 is 13.2 Å². The van der Waals surface area contributed by atoms with Gasteiger partial charge in [0.25, 0.3) is 0 Å². The van der Waals surface area contributed by atoms with Gasteiger partial charge in [0.1, 0.15) is 0 Å². The van der Waals surface area contributed by atoms with Crippen molar-refractivity contribution in [3.8, 4) is 0 Å². The minimum absolute atomic E-state index is 0.0317. The van der Waals surface area contributed by atoms with Crippen LogP contribution in [-0.4, -0.2) is 0 Å². The van der Waals surface area contributed by atoms with Gasteiger partial charge in [0.15, 0.2) is 0 Å². The van der Waals surface area contributed by atoms with Crippen molar-refractivity contribution >= 4 is 11.4 Å². The summed E-state index contributed by atoms with van der Waals surface area (Å²) in [6, 6.07) is 0.918. The van der Waals surface area contributed by atoms with Gasteiger partial charge in [-0.05, 0) is 31.0 Å². The predicted octanol–water partition coefficient (Wildman–Crippen LogP) is 2.49. The second-order valence-corrected chi connectivity index (χ2v) is 3.17. The number of benzene rings is 1. The summed E-state index contributed by atoms with van der Waals surface area (Å²) < 4.78 is 37.3. The van der Waals surface area contributed by atoms with Gasteiger partial charge in [-0.15, -0.1) is 0 Å². The van der Waals surface area contributed by atoms with Crippen molar-refractivity contribution in [2.45, 2.75) is 20.0 Å². The van der Waals surface area contributed by atoms with Gasteiger partial charge >= 0.3 is 6.18 Å². The molecule has 0 fully saturated rings. The summed E-state index contributed by atoms with van der Waals surface area (Å²) in [7, 11) is 0. The largest absolute Gasteiger partial charge is 0.416 e. The van der Waals surface area contributed by atoms with E-state index in [-0.39, 0.29) is 16.9 Å². The molecule has 5 heteroatoms. The molecule has 0 radical (unpaired) electrons. The summed E-state index contributed by atoms with van der Waals surface area (Å²) in [6.07, 6.45) is -4.40. The second kappa shape index (κ2) is 3.08. The van der Waals surface area contributed by atoms with Crippen LogP contribution in [0.4, 0.5) is 24.5 Å². The topological polar surface area (TPSA) is 52.0 Å². The van der Waals surface area contributed by atoms with Crippen LogP contribution in [0.1, 0.15) is 16.7 Å². The van der Waals surface area contributed by atoms with Crippen LogP contribution in [0.2, 0.25) is 0 Å². The number of alkyl halides is 3. The number of hydrogen-bond acceptors (Lipinski definition) is 2. The fourth-order valence-electron chi connectivity index (χ4n) is 1.25. The van der Waals surface area contributed by atoms with E-state index in [2.05, 4.69) is 0 Å². The zero-order valence-electron chi connectivity index (χ0n) is 7.87. The molecule has 14 heavy (non-hydrogen) atoms. The normalized spacial score (nSPS) is 11.8. The number of nitrogens with two attached hydrogens (primary N) is 2. The lowest BCUT2D eigenvalue weighted by Crippen LogP contribution is -2.11. The first-order valence-electron chi connectivity index (χ1n) is 3.97. The third-order valence-electron chi connectivity index (χ3n) is 2.25. The maximum Gasteiger partial charge on any atom is 0.416 e. The zero-order valence-corrected chi connectivity index (χ0v) is 7.87. The molecule has 1 rings (SSSR count). The Morgan fingerprint density at radius 3 is 2.00 bits per heavy atom. The molecular weight excluding hydrogens is 193 g/mol. The molecule has 0 atom stereocenters. The minimum Gasteiger partial charge on any atom is -0.398 e. The minimum atomic E-state index is -4.40. The smallest absolute Gasteiger partial charge is 0.398 e. The van der Waals surface area contributed by atoms with Crippen molar-refractivity contribution in [3.63, 3.8) is 0 Å². The van der Waals surface area contributed by atoms with E-state index in [4.69, 9.17) is 11.5 Å². The molecule has 0 aliphatic rings. The molecule has 2 nitrogen and oxygen atoms in total. The molecule has 0 spiro atoms. The van der Waals surface area contributed by atoms with Gasteiger partial charge in [0.05, 0.1) is 5.56 Å². The van der Waals surface area contributed by atoms with E-state index in [1.54, 1.807) is 6.92 Å². The number of halogens is 3. The molecule has 0 amide bonds. The molecule has 0 unspecified atom stereocenters. The van der Waals surface area contributed by atoms with E-state index in [1.165, 1.54) is 6.92 Å². The third-order valence-corrected chi connectivity index (χ3v) is 2.25. The Morgan fingerprint density at radius 2 is 1.57 bits per heavy atom. The van der Waals surface area contributed by atoms with E-state index in [1.807, 2.05) is 0 Å². The van der Waals surface area contributed by atoms with Crippen LogP contribution in [0, 0.1) is 13.8 Å². The lowest BCUT2D eigenvalue weighted by molar-refractivity contribution is -0.137. The third kappa shape index (κ3) is 1.62. The molecule has 4 N–H and O–H groups in total. The summed E-state index contributed by atoms with van der Waals surface area (Å²) in [4.78, 5) is 0. The van der Waals surface area contributed by atoms with Crippen LogP contribution in [0.3, 0.4) is 0 Å². The predicted molar refractivity (Wildman–Crippen MR) is 49.7 cm³/mol. The summed E-state index contributed by atoms with van der Waals surface area (Å²) in [5, 5.41) is 0. The van der Waals surface area contributed by atoms with E-state index in [0.717, 1.165) is 6.07 Å². The fraction of sp³-hybridized carbons (Fsp3) is 0.333. The fourth-order valence-corrected chi connectivity index (χ4v) is 1.25. The molecule has 0 heterocycles. The Morgan fingerprint density at radius 1 is 1.07 bits per heavy atom. The SMILES string of the molecule is Cc1c(N)cc(C(F)(F)F)c(C)c1N. The van der Waals surface area contributed by atoms with Gasteiger partial charge in [0, 0.05) is 11.4 Å². The van der Waals surface area contributed by atoms with Crippen LogP contribution < -0.4 is 11.5 Å². The van der Waals surface area contributed by atoms with Gasteiger partial charge in [-0.1, -0.05) is 0 Å². The summed E-state index contributed by atoms with van der Waals surface area (Å²) in [5.74, 6) is 0. The Balaban J connectivity index is 3.49. The van der Waals surface area contributed by atoms with Crippen molar-refractivity contribution in [1.82, 2.24) is 0 Å². The first kappa shape index (κ1) is 10.7. The van der Waals surface area contributed by atoms with Crippen LogP contribution in [0.25, 0.3) is 0 Å². The monoisotopic (exact) mass is 204 g/mol. The van der Waals surface area contributed by atoms with Crippen molar-refractivity contribution in [3.05, 3.63) is 22.8 Å². The van der Waals surface area contributed by atoms with Gasteiger partial charge in [-0.2, -0.15) is 13.2 Å². The Labute approximate surface area is 79.7 Å². The molecule has 0 saturated carbocycles. The summed E-state index contributed by atoms with van der Waals surface area (Å²) in [6.45, 7) is 2.93. The molecule has 1 aromatic rings. The van der Waals surface area contributed by atoms with Crippen molar-refractivity contribution in [1.29, 1.82) is 0 Å². The van der Waals surface area contributed by atoms with E-state index < -0.39 is 11.7 Å². The van der Waals surface area contributed by atoms with E-state index in [0.29, 0.717) is 5.56 Å². The van der Waals surface area contributed by atoms with Gasteiger partial charge in [-0.25, -0.2) is 0 Å². The molecule has 0 aromatic heterocycles. The Bertz CT molecular complexity index is 369. The van der Waals surface area contributed by atoms with Gasteiger partial charge in [-0.3, -0.25) is 0 Å². The van der Waals surface area contributed by atoms with E-state index in [9.17, 15) is 13.2 Å². The quantitative estimate of drug-likeness (QED) is 0.638. The number of hydrogen-bond donors (Lipinski definition) is 2. The standard InChI is InChI=1S/C9H11F3N2/c1-4-6(9(10,11)12)3-7(13)5(2)8(4)14/h3H,13-14H2,1-2H3. The highest BCUT2D eigenvalue weighted by Gasteiger charge is 2.33. The molecule has 0 aliphatic carbocycles. The number of anilines is 2. The highest BCUT2D eigenvalue weighted by Crippen LogP contribution is 2.37. The van der Waals surface area contributed by atoms with Crippen molar-refractivity contribution in [2.75, 3.05) is 11.5 Å². The number of rotatable bonds is 0. The maximum absolute atomic E-state index is 12.4. The van der Waals surface area contributed by atoms with Crippen LogP contribution in [0.5, 0.6) is 0 Å². The van der Waals surface area contributed by atoms with Crippen LogP contribution >= 0.6 is 0 Å². The zero-order chi connectivity index (χ0) is 11.1. The molecule has 1 aromatic carbocycles. The Hall–Kier alpha value is -1.39.